The summed E-state index contributed by atoms with van der Waals surface area (Å²) in [5.41, 5.74) is 0.909. The van der Waals surface area contributed by atoms with Crippen LogP contribution in [-0.4, -0.2) is 16.7 Å². The third kappa shape index (κ3) is 2.92. The molecule has 1 aromatic heterocycles. The van der Waals surface area contributed by atoms with Crippen LogP contribution < -0.4 is 5.32 Å². The van der Waals surface area contributed by atoms with Gasteiger partial charge in [0.05, 0.1) is 5.69 Å². The first kappa shape index (κ1) is 12.7. The van der Waals surface area contributed by atoms with Crippen LogP contribution in [0.2, 0.25) is 5.02 Å². The molecule has 18 heavy (non-hydrogen) atoms. The van der Waals surface area contributed by atoms with Crippen molar-refractivity contribution in [2.24, 2.45) is 0 Å². The van der Waals surface area contributed by atoms with Crippen molar-refractivity contribution in [2.45, 2.75) is 26.4 Å². The standard InChI is InChI=1S/C12H13ClN2O3/c1-12(2,3)18-11(16)15-9-5-7(13)4-8-10(9)17-6-14-8/h4-6H,1-3H3,(H,15,16). The van der Waals surface area contributed by atoms with E-state index in [1.165, 1.54) is 6.39 Å². The summed E-state index contributed by atoms with van der Waals surface area (Å²) in [4.78, 5) is 15.6. The normalized spacial score (nSPS) is 11.6. The molecule has 5 nitrogen and oxygen atoms in total. The molecule has 0 unspecified atom stereocenters. The van der Waals surface area contributed by atoms with E-state index in [9.17, 15) is 4.79 Å². The van der Waals surface area contributed by atoms with Crippen molar-refractivity contribution in [3.63, 3.8) is 0 Å². The number of nitrogens with one attached hydrogen (secondary N) is 1. The largest absolute Gasteiger partial charge is 0.444 e. The van der Waals surface area contributed by atoms with Gasteiger partial charge >= 0.3 is 6.09 Å². The Labute approximate surface area is 109 Å². The fourth-order valence-corrected chi connectivity index (χ4v) is 1.65. The Kier molecular flexibility index (Phi) is 3.17. The molecule has 0 radical (unpaired) electrons. The van der Waals surface area contributed by atoms with Gasteiger partial charge in [-0.1, -0.05) is 11.6 Å². The molecule has 0 fully saturated rings. The second-order valence-electron chi connectivity index (χ2n) is 4.78. The van der Waals surface area contributed by atoms with E-state index >= 15 is 0 Å². The van der Waals surface area contributed by atoms with Crippen molar-refractivity contribution in [3.8, 4) is 0 Å². The molecule has 0 aliphatic rings. The minimum Gasteiger partial charge on any atom is -0.444 e. The molecule has 0 atom stereocenters. The third-order valence-electron chi connectivity index (χ3n) is 2.03. The molecule has 1 aromatic carbocycles. The Hall–Kier alpha value is -1.75. The Morgan fingerprint density at radius 3 is 2.83 bits per heavy atom. The number of hydrogen-bond donors (Lipinski definition) is 1. The molecule has 0 aliphatic heterocycles. The van der Waals surface area contributed by atoms with Crippen LogP contribution in [0.15, 0.2) is 22.9 Å². The smallest absolute Gasteiger partial charge is 0.412 e. The van der Waals surface area contributed by atoms with Crippen molar-refractivity contribution in [2.75, 3.05) is 5.32 Å². The SMILES string of the molecule is CC(C)(C)OC(=O)Nc1cc(Cl)cc2ncoc12. The molecule has 1 N–H and O–H groups in total. The van der Waals surface area contributed by atoms with Crippen LogP contribution in [0.5, 0.6) is 0 Å². The van der Waals surface area contributed by atoms with Crippen LogP contribution in [0, 0.1) is 0 Å². The lowest BCUT2D eigenvalue weighted by molar-refractivity contribution is 0.0636. The highest BCUT2D eigenvalue weighted by atomic mass is 35.5. The number of carbonyl (C=O) groups excluding carboxylic acids is 1. The van der Waals surface area contributed by atoms with Crippen molar-refractivity contribution in [1.82, 2.24) is 4.98 Å². The number of rotatable bonds is 1. The maximum atomic E-state index is 11.7. The van der Waals surface area contributed by atoms with Crippen LogP contribution >= 0.6 is 11.6 Å². The van der Waals surface area contributed by atoms with Crippen molar-refractivity contribution < 1.29 is 13.9 Å². The lowest BCUT2D eigenvalue weighted by atomic mass is 10.2. The van der Waals surface area contributed by atoms with Gasteiger partial charge in [0.25, 0.3) is 0 Å². The number of benzene rings is 1. The van der Waals surface area contributed by atoms with Gasteiger partial charge < -0.3 is 9.15 Å². The Morgan fingerprint density at radius 1 is 1.44 bits per heavy atom. The highest BCUT2D eigenvalue weighted by molar-refractivity contribution is 6.31. The summed E-state index contributed by atoms with van der Waals surface area (Å²) in [6, 6.07) is 3.24. The Morgan fingerprint density at radius 2 is 2.17 bits per heavy atom. The molecule has 0 aliphatic carbocycles. The van der Waals surface area contributed by atoms with Gasteiger partial charge in [0.15, 0.2) is 12.0 Å². The van der Waals surface area contributed by atoms with Gasteiger partial charge in [0.2, 0.25) is 0 Å². The number of hydrogen-bond acceptors (Lipinski definition) is 4. The second-order valence-corrected chi connectivity index (χ2v) is 5.22. The average Bonchev–Trinajstić information content (AvgIpc) is 2.61. The zero-order chi connectivity index (χ0) is 13.3. The summed E-state index contributed by atoms with van der Waals surface area (Å²) in [5, 5.41) is 3.05. The topological polar surface area (TPSA) is 64.4 Å². The molecule has 0 bridgehead atoms. The number of anilines is 1. The van der Waals surface area contributed by atoms with E-state index in [0.717, 1.165) is 0 Å². The Balaban J connectivity index is 2.26. The molecule has 0 saturated heterocycles. The van der Waals surface area contributed by atoms with Gasteiger partial charge in [0, 0.05) is 5.02 Å². The van der Waals surface area contributed by atoms with E-state index in [1.54, 1.807) is 32.9 Å². The van der Waals surface area contributed by atoms with Crippen LogP contribution in [-0.2, 0) is 4.74 Å². The molecular formula is C12H13ClN2O3. The number of ether oxygens (including phenoxy) is 1. The van der Waals surface area contributed by atoms with Gasteiger partial charge in [-0.3, -0.25) is 5.32 Å². The highest BCUT2D eigenvalue weighted by Gasteiger charge is 2.18. The number of oxazole rings is 1. The molecule has 6 heteroatoms. The third-order valence-corrected chi connectivity index (χ3v) is 2.25. The number of nitrogens with zero attached hydrogens (tertiary/aromatic N) is 1. The summed E-state index contributed by atoms with van der Waals surface area (Å²) >= 11 is 5.92. The van der Waals surface area contributed by atoms with Crippen LogP contribution in [0.4, 0.5) is 10.5 Å². The van der Waals surface area contributed by atoms with Crippen LogP contribution in [0.1, 0.15) is 20.8 Å². The van der Waals surface area contributed by atoms with Crippen molar-refractivity contribution in [3.05, 3.63) is 23.5 Å². The molecular weight excluding hydrogens is 256 g/mol. The first-order valence-electron chi connectivity index (χ1n) is 5.38. The number of fused-ring (bicyclic) bond motifs is 1. The molecule has 2 aromatic rings. The lowest BCUT2D eigenvalue weighted by Crippen LogP contribution is -2.27. The summed E-state index contributed by atoms with van der Waals surface area (Å²) in [7, 11) is 0. The number of carbonyl (C=O) groups is 1. The van der Waals surface area contributed by atoms with E-state index in [4.69, 9.17) is 20.8 Å². The van der Waals surface area contributed by atoms with Crippen LogP contribution in [0.25, 0.3) is 11.1 Å². The predicted molar refractivity (Wildman–Crippen MR) is 68.9 cm³/mol. The molecule has 1 heterocycles. The Bertz CT molecular complexity index is 587. The van der Waals surface area contributed by atoms with E-state index in [2.05, 4.69) is 10.3 Å². The first-order valence-corrected chi connectivity index (χ1v) is 5.76. The van der Waals surface area contributed by atoms with E-state index in [1.807, 2.05) is 0 Å². The summed E-state index contributed by atoms with van der Waals surface area (Å²) in [6.07, 6.45) is 0.726. The molecule has 0 saturated carbocycles. The van der Waals surface area contributed by atoms with Gasteiger partial charge in [-0.25, -0.2) is 9.78 Å². The monoisotopic (exact) mass is 268 g/mol. The predicted octanol–water partition coefficient (Wildman–Crippen LogP) is 3.83. The van der Waals surface area contributed by atoms with Crippen LogP contribution in [0.3, 0.4) is 0 Å². The van der Waals surface area contributed by atoms with Gasteiger partial charge in [-0.2, -0.15) is 0 Å². The maximum absolute atomic E-state index is 11.7. The fourth-order valence-electron chi connectivity index (χ4n) is 1.44. The minimum absolute atomic E-state index is 0.434. The van der Waals surface area contributed by atoms with Crippen molar-refractivity contribution in [1.29, 1.82) is 0 Å². The van der Waals surface area contributed by atoms with Gasteiger partial charge in [-0.05, 0) is 32.9 Å². The minimum atomic E-state index is -0.567. The quantitative estimate of drug-likeness (QED) is 0.854. The first-order chi connectivity index (χ1) is 8.35. The number of amides is 1. The van der Waals surface area contributed by atoms with E-state index < -0.39 is 11.7 Å². The second kappa shape index (κ2) is 4.49. The molecule has 2 rings (SSSR count). The number of halogens is 1. The highest BCUT2D eigenvalue weighted by Crippen LogP contribution is 2.27. The fraction of sp³-hybridized carbons (Fsp3) is 0.333. The number of aromatic nitrogens is 1. The van der Waals surface area contributed by atoms with Gasteiger partial charge in [0.1, 0.15) is 11.1 Å². The average molecular weight is 269 g/mol. The zero-order valence-corrected chi connectivity index (χ0v) is 11.0. The lowest BCUT2D eigenvalue weighted by Gasteiger charge is -2.19. The van der Waals surface area contributed by atoms with Crippen molar-refractivity contribution >= 4 is 34.5 Å². The summed E-state index contributed by atoms with van der Waals surface area (Å²) in [5.74, 6) is 0. The van der Waals surface area contributed by atoms with Gasteiger partial charge in [-0.15, -0.1) is 0 Å². The van der Waals surface area contributed by atoms with E-state index in [0.29, 0.717) is 21.8 Å². The summed E-state index contributed by atoms with van der Waals surface area (Å²) < 4.78 is 10.3. The molecule has 0 spiro atoms. The summed E-state index contributed by atoms with van der Waals surface area (Å²) in [6.45, 7) is 5.36. The van der Waals surface area contributed by atoms with E-state index in [-0.39, 0.29) is 0 Å². The maximum Gasteiger partial charge on any atom is 0.412 e. The molecule has 96 valence electrons. The molecule has 1 amide bonds. The zero-order valence-electron chi connectivity index (χ0n) is 10.3.